The number of hydrogen-bond acceptors (Lipinski definition) is 4. The molecule has 0 spiro atoms. The molecule has 0 aliphatic heterocycles. The second-order valence-electron chi connectivity index (χ2n) is 4.54. The Kier molecular flexibility index (Phi) is 7.84. The molecule has 2 rings (SSSR count). The number of benzene rings is 2. The van der Waals surface area contributed by atoms with Gasteiger partial charge < -0.3 is 9.47 Å². The van der Waals surface area contributed by atoms with Crippen LogP contribution in [-0.2, 0) is 15.9 Å². The Morgan fingerprint density at radius 3 is 1.57 bits per heavy atom. The molecule has 0 bridgehead atoms. The Morgan fingerprint density at radius 1 is 0.826 bits per heavy atom. The third kappa shape index (κ3) is 6.12. The van der Waals surface area contributed by atoms with Crippen molar-refractivity contribution in [3.05, 3.63) is 70.2 Å². The fourth-order valence-corrected chi connectivity index (χ4v) is 1.82. The summed E-state index contributed by atoms with van der Waals surface area (Å²) in [5.74, 6) is -0.626. The number of aryl methyl sites for hydroxylation is 1. The lowest BCUT2D eigenvalue weighted by Crippen LogP contribution is -2.00. The molecule has 0 aliphatic carbocycles. The third-order valence-corrected chi connectivity index (χ3v) is 3.30. The number of rotatable bonds is 3. The number of ether oxygens (including phenoxy) is 2. The van der Waals surface area contributed by atoms with E-state index in [-0.39, 0.29) is 11.9 Å². The quantitative estimate of drug-likeness (QED) is 0.791. The van der Waals surface area contributed by atoms with E-state index < -0.39 is 0 Å². The Hall–Kier alpha value is -2.33. The van der Waals surface area contributed by atoms with E-state index in [1.807, 2.05) is 12.1 Å². The highest BCUT2D eigenvalue weighted by Crippen LogP contribution is 2.09. The van der Waals surface area contributed by atoms with Crippen molar-refractivity contribution in [2.24, 2.45) is 0 Å². The number of carbonyl (C=O) groups is 2. The van der Waals surface area contributed by atoms with Crippen molar-refractivity contribution < 1.29 is 19.1 Å². The molecule has 0 N–H and O–H groups in total. The Balaban J connectivity index is 0.000000231. The fourth-order valence-electron chi connectivity index (χ4n) is 1.70. The molecule has 2 aromatic rings. The highest BCUT2D eigenvalue weighted by Gasteiger charge is 2.03. The maximum Gasteiger partial charge on any atom is 0.337 e. The average molecular weight is 335 g/mol. The Labute approximate surface area is 141 Å². The van der Waals surface area contributed by atoms with Gasteiger partial charge >= 0.3 is 11.9 Å². The minimum Gasteiger partial charge on any atom is -0.465 e. The van der Waals surface area contributed by atoms with Crippen LogP contribution in [0.3, 0.4) is 0 Å². The summed E-state index contributed by atoms with van der Waals surface area (Å²) in [6.07, 6.45) is 0.988. The lowest BCUT2D eigenvalue weighted by Gasteiger charge is -1.99. The monoisotopic (exact) mass is 334 g/mol. The molecule has 2 aromatic carbocycles. The normalized spacial score (nSPS) is 9.39. The van der Waals surface area contributed by atoms with Crippen LogP contribution in [0.25, 0.3) is 0 Å². The van der Waals surface area contributed by atoms with E-state index in [2.05, 4.69) is 16.4 Å². The van der Waals surface area contributed by atoms with Crippen LogP contribution in [-0.4, -0.2) is 26.2 Å². The van der Waals surface area contributed by atoms with Crippen LogP contribution in [0.4, 0.5) is 0 Å². The highest BCUT2D eigenvalue weighted by molar-refractivity contribution is 6.30. The number of methoxy groups -OCH3 is 2. The first-order valence-corrected chi connectivity index (χ1v) is 7.40. The molecular weight excluding hydrogens is 316 g/mol. The van der Waals surface area contributed by atoms with Crippen LogP contribution in [0.2, 0.25) is 5.02 Å². The zero-order valence-electron chi connectivity index (χ0n) is 13.3. The van der Waals surface area contributed by atoms with Gasteiger partial charge in [0, 0.05) is 5.02 Å². The summed E-state index contributed by atoms with van der Waals surface area (Å²) in [6.45, 7) is 2.08. The topological polar surface area (TPSA) is 52.6 Å². The molecule has 23 heavy (non-hydrogen) atoms. The molecule has 0 unspecified atom stereocenters. The highest BCUT2D eigenvalue weighted by atomic mass is 35.5. The molecular formula is C18H19ClO4. The zero-order chi connectivity index (χ0) is 17.2. The van der Waals surface area contributed by atoms with Crippen molar-refractivity contribution >= 4 is 23.5 Å². The van der Waals surface area contributed by atoms with E-state index in [4.69, 9.17) is 11.6 Å². The Morgan fingerprint density at radius 2 is 1.22 bits per heavy atom. The second kappa shape index (κ2) is 9.64. The number of esters is 2. The van der Waals surface area contributed by atoms with Gasteiger partial charge in [0.1, 0.15) is 0 Å². The van der Waals surface area contributed by atoms with Gasteiger partial charge in [-0.3, -0.25) is 0 Å². The first-order valence-electron chi connectivity index (χ1n) is 7.03. The summed E-state index contributed by atoms with van der Waals surface area (Å²) >= 11 is 5.61. The van der Waals surface area contributed by atoms with Crippen molar-refractivity contribution in [3.8, 4) is 0 Å². The maximum atomic E-state index is 11.0. The predicted molar refractivity (Wildman–Crippen MR) is 90.0 cm³/mol. The van der Waals surface area contributed by atoms with E-state index in [1.54, 1.807) is 36.4 Å². The van der Waals surface area contributed by atoms with Gasteiger partial charge in [-0.2, -0.15) is 0 Å². The summed E-state index contributed by atoms with van der Waals surface area (Å²) in [6, 6.07) is 14.0. The SMILES string of the molecule is CCc1ccc(C(=O)OC)cc1.COC(=O)c1ccc(Cl)cc1. The first-order chi connectivity index (χ1) is 11.0. The van der Waals surface area contributed by atoms with E-state index in [0.29, 0.717) is 16.1 Å². The fraction of sp³-hybridized carbons (Fsp3) is 0.222. The lowest BCUT2D eigenvalue weighted by atomic mass is 10.1. The molecule has 4 nitrogen and oxygen atoms in total. The van der Waals surface area contributed by atoms with Gasteiger partial charge in [0.2, 0.25) is 0 Å². The summed E-state index contributed by atoms with van der Waals surface area (Å²) in [5, 5.41) is 0.609. The maximum absolute atomic E-state index is 11.0. The van der Waals surface area contributed by atoms with Gasteiger partial charge in [-0.15, -0.1) is 0 Å². The van der Waals surface area contributed by atoms with Crippen molar-refractivity contribution in [2.75, 3.05) is 14.2 Å². The minimum absolute atomic E-state index is 0.280. The zero-order valence-corrected chi connectivity index (χ0v) is 14.1. The van der Waals surface area contributed by atoms with E-state index in [9.17, 15) is 9.59 Å². The van der Waals surface area contributed by atoms with Crippen molar-refractivity contribution in [1.29, 1.82) is 0 Å². The van der Waals surface area contributed by atoms with Crippen LogP contribution in [0.15, 0.2) is 48.5 Å². The molecule has 0 aliphatic rings. The standard InChI is InChI=1S/C10H12O2.C8H7ClO2/c1-3-8-4-6-9(7-5-8)10(11)12-2;1-11-8(10)6-2-4-7(9)5-3-6/h4-7H,3H2,1-2H3;2-5H,1H3. The van der Waals surface area contributed by atoms with E-state index in [1.165, 1.54) is 19.8 Å². The number of carbonyl (C=O) groups excluding carboxylic acids is 2. The molecule has 122 valence electrons. The molecule has 0 atom stereocenters. The van der Waals surface area contributed by atoms with Gasteiger partial charge in [-0.05, 0) is 48.4 Å². The smallest absolute Gasteiger partial charge is 0.337 e. The van der Waals surface area contributed by atoms with Crippen LogP contribution in [0.1, 0.15) is 33.2 Å². The lowest BCUT2D eigenvalue weighted by molar-refractivity contribution is 0.0592. The van der Waals surface area contributed by atoms with Gasteiger partial charge in [0.25, 0.3) is 0 Å². The summed E-state index contributed by atoms with van der Waals surface area (Å²) < 4.78 is 9.06. The molecule has 0 aromatic heterocycles. The molecule has 0 saturated carbocycles. The van der Waals surface area contributed by atoms with Crippen LogP contribution < -0.4 is 0 Å². The minimum atomic E-state index is -0.346. The van der Waals surface area contributed by atoms with Crippen molar-refractivity contribution in [2.45, 2.75) is 13.3 Å². The molecule has 0 heterocycles. The molecule has 0 fully saturated rings. The van der Waals surface area contributed by atoms with Crippen LogP contribution in [0, 0.1) is 0 Å². The van der Waals surface area contributed by atoms with E-state index in [0.717, 1.165) is 6.42 Å². The largest absolute Gasteiger partial charge is 0.465 e. The second-order valence-corrected chi connectivity index (χ2v) is 4.98. The van der Waals surface area contributed by atoms with E-state index >= 15 is 0 Å². The molecule has 0 amide bonds. The predicted octanol–water partition coefficient (Wildman–Crippen LogP) is 4.16. The Bertz CT molecular complexity index is 633. The first kappa shape index (κ1) is 18.7. The molecule has 0 radical (unpaired) electrons. The van der Waals surface area contributed by atoms with Gasteiger partial charge in [0.05, 0.1) is 25.3 Å². The summed E-state index contributed by atoms with van der Waals surface area (Å²) in [4.78, 5) is 21.9. The third-order valence-electron chi connectivity index (χ3n) is 3.05. The van der Waals surface area contributed by atoms with Gasteiger partial charge in [-0.25, -0.2) is 9.59 Å². The van der Waals surface area contributed by atoms with Crippen molar-refractivity contribution in [1.82, 2.24) is 0 Å². The average Bonchev–Trinajstić information content (AvgIpc) is 2.61. The van der Waals surface area contributed by atoms with Gasteiger partial charge in [-0.1, -0.05) is 30.7 Å². The number of hydrogen-bond donors (Lipinski definition) is 0. The number of halogens is 1. The molecule has 0 saturated heterocycles. The summed E-state index contributed by atoms with van der Waals surface area (Å²) in [5.41, 5.74) is 2.34. The molecule has 5 heteroatoms. The van der Waals surface area contributed by atoms with Crippen LogP contribution >= 0.6 is 11.6 Å². The van der Waals surface area contributed by atoms with Crippen molar-refractivity contribution in [3.63, 3.8) is 0 Å². The summed E-state index contributed by atoms with van der Waals surface area (Å²) in [7, 11) is 2.73. The van der Waals surface area contributed by atoms with Gasteiger partial charge in [0.15, 0.2) is 0 Å². The van der Waals surface area contributed by atoms with Crippen LogP contribution in [0.5, 0.6) is 0 Å².